The first kappa shape index (κ1) is 10.3. The van der Waals surface area contributed by atoms with Gasteiger partial charge in [-0.05, 0) is 6.92 Å². The van der Waals surface area contributed by atoms with E-state index in [4.69, 9.17) is 0 Å². The van der Waals surface area contributed by atoms with Gasteiger partial charge in [-0.15, -0.1) is 0 Å². The van der Waals surface area contributed by atoms with Gasteiger partial charge in [-0.2, -0.15) is 0 Å². The molecule has 1 rings (SSSR count). The zero-order valence-corrected chi connectivity index (χ0v) is 7.86. The molecule has 0 aromatic rings. The van der Waals surface area contributed by atoms with Crippen molar-refractivity contribution in [3.63, 3.8) is 0 Å². The number of hydrogen-bond acceptors (Lipinski definition) is 4. The molecule has 2 N–H and O–H groups in total. The van der Waals surface area contributed by atoms with Crippen molar-refractivity contribution in [2.45, 2.75) is 13.1 Å². The Morgan fingerprint density at radius 1 is 1.43 bits per heavy atom. The van der Waals surface area contributed by atoms with E-state index < -0.39 is 24.2 Å². The SMILES string of the molecule is CCN1C(=O)NC(C(=O)OC)NC1=O. The molecule has 0 aliphatic carbocycles. The molecule has 1 aliphatic rings. The molecule has 0 bridgehead atoms. The number of rotatable bonds is 2. The second kappa shape index (κ2) is 3.95. The number of imide groups is 1. The van der Waals surface area contributed by atoms with Crippen molar-refractivity contribution in [3.8, 4) is 0 Å². The summed E-state index contributed by atoms with van der Waals surface area (Å²) in [6, 6.07) is -1.21. The maximum atomic E-state index is 11.2. The Morgan fingerprint density at radius 2 is 1.93 bits per heavy atom. The van der Waals surface area contributed by atoms with Crippen LogP contribution in [0.5, 0.6) is 0 Å². The van der Waals surface area contributed by atoms with Gasteiger partial charge < -0.3 is 15.4 Å². The van der Waals surface area contributed by atoms with E-state index in [0.717, 1.165) is 4.90 Å². The van der Waals surface area contributed by atoms with E-state index in [1.54, 1.807) is 6.92 Å². The Balaban J connectivity index is 2.70. The lowest BCUT2D eigenvalue weighted by molar-refractivity contribution is -0.143. The van der Waals surface area contributed by atoms with Crippen LogP contribution in [0.2, 0.25) is 0 Å². The minimum atomic E-state index is -1.09. The average molecular weight is 201 g/mol. The van der Waals surface area contributed by atoms with Crippen molar-refractivity contribution in [3.05, 3.63) is 0 Å². The molecule has 4 amide bonds. The highest BCUT2D eigenvalue weighted by atomic mass is 16.5. The number of carbonyl (C=O) groups excluding carboxylic acids is 3. The van der Waals surface area contributed by atoms with Crippen molar-refractivity contribution >= 4 is 18.0 Å². The molecule has 0 unspecified atom stereocenters. The van der Waals surface area contributed by atoms with Crippen LogP contribution in [-0.4, -0.2) is 42.8 Å². The van der Waals surface area contributed by atoms with Crippen LogP contribution in [0.3, 0.4) is 0 Å². The number of carbonyl (C=O) groups is 3. The van der Waals surface area contributed by atoms with E-state index in [0.29, 0.717) is 0 Å². The van der Waals surface area contributed by atoms with Gasteiger partial charge in [0.15, 0.2) is 0 Å². The lowest BCUT2D eigenvalue weighted by Gasteiger charge is -2.29. The number of esters is 1. The number of methoxy groups -OCH3 is 1. The molecule has 0 aromatic carbocycles. The molecule has 78 valence electrons. The standard InChI is InChI=1S/C7H11N3O4/c1-3-10-6(12)8-4(5(11)14-2)9-7(10)13/h4H,3H2,1-2H3,(H,8,12)(H,9,13). The number of nitrogens with zero attached hydrogens (tertiary/aromatic N) is 1. The maximum absolute atomic E-state index is 11.2. The Bertz CT molecular complexity index is 260. The van der Waals surface area contributed by atoms with Gasteiger partial charge in [0.05, 0.1) is 7.11 Å². The van der Waals surface area contributed by atoms with Crippen LogP contribution in [0.25, 0.3) is 0 Å². The zero-order valence-electron chi connectivity index (χ0n) is 7.86. The average Bonchev–Trinajstić information content (AvgIpc) is 2.16. The minimum absolute atomic E-state index is 0.242. The van der Waals surface area contributed by atoms with Crippen LogP contribution in [-0.2, 0) is 9.53 Å². The third-order valence-corrected chi connectivity index (χ3v) is 1.78. The van der Waals surface area contributed by atoms with Crippen LogP contribution in [0.4, 0.5) is 9.59 Å². The largest absolute Gasteiger partial charge is 0.466 e. The first-order chi connectivity index (χ1) is 6.60. The summed E-state index contributed by atoms with van der Waals surface area (Å²) in [6.45, 7) is 1.89. The van der Waals surface area contributed by atoms with E-state index in [9.17, 15) is 14.4 Å². The zero-order chi connectivity index (χ0) is 10.7. The second-order valence-electron chi connectivity index (χ2n) is 2.60. The number of amides is 4. The van der Waals surface area contributed by atoms with Crippen LogP contribution in [0.15, 0.2) is 0 Å². The highest BCUT2D eigenvalue weighted by Crippen LogP contribution is 1.99. The summed E-state index contributed by atoms with van der Waals surface area (Å²) in [4.78, 5) is 34.4. The van der Waals surface area contributed by atoms with E-state index in [1.165, 1.54) is 7.11 Å². The van der Waals surface area contributed by atoms with Gasteiger partial charge in [0.25, 0.3) is 0 Å². The molecule has 0 saturated carbocycles. The summed E-state index contributed by atoms with van der Waals surface area (Å²) in [5, 5.41) is 4.56. The van der Waals surface area contributed by atoms with E-state index >= 15 is 0 Å². The Labute approximate surface area is 80.4 Å². The molecule has 7 heteroatoms. The molecular weight excluding hydrogens is 190 g/mol. The predicted molar refractivity (Wildman–Crippen MR) is 45.2 cm³/mol. The van der Waals surface area contributed by atoms with E-state index in [1.807, 2.05) is 0 Å². The van der Waals surface area contributed by atoms with Gasteiger partial charge in [-0.25, -0.2) is 19.3 Å². The molecule has 1 heterocycles. The molecular formula is C7H11N3O4. The number of hydrogen-bond donors (Lipinski definition) is 2. The van der Waals surface area contributed by atoms with Crippen molar-refractivity contribution < 1.29 is 19.1 Å². The lowest BCUT2D eigenvalue weighted by atomic mass is 10.4. The Hall–Kier alpha value is -1.79. The van der Waals surface area contributed by atoms with E-state index in [-0.39, 0.29) is 6.54 Å². The van der Waals surface area contributed by atoms with Gasteiger partial charge in [0.1, 0.15) is 0 Å². The fraction of sp³-hybridized carbons (Fsp3) is 0.571. The van der Waals surface area contributed by atoms with Crippen LogP contribution < -0.4 is 10.6 Å². The van der Waals surface area contributed by atoms with Gasteiger partial charge in [-0.1, -0.05) is 0 Å². The highest BCUT2D eigenvalue weighted by molar-refractivity contribution is 6.00. The number of nitrogens with one attached hydrogen (secondary N) is 2. The van der Waals surface area contributed by atoms with Crippen LogP contribution in [0.1, 0.15) is 6.92 Å². The van der Waals surface area contributed by atoms with Gasteiger partial charge in [0.2, 0.25) is 6.17 Å². The summed E-state index contributed by atoms with van der Waals surface area (Å²) in [6.07, 6.45) is -1.09. The van der Waals surface area contributed by atoms with Gasteiger partial charge in [-0.3, -0.25) is 0 Å². The normalized spacial score (nSPS) is 17.4. The quantitative estimate of drug-likeness (QED) is 0.575. The summed E-state index contributed by atoms with van der Waals surface area (Å²) in [5.41, 5.74) is 0. The first-order valence-corrected chi connectivity index (χ1v) is 4.06. The fourth-order valence-corrected chi connectivity index (χ4v) is 1.05. The summed E-state index contributed by atoms with van der Waals surface area (Å²) in [7, 11) is 1.17. The van der Waals surface area contributed by atoms with Crippen molar-refractivity contribution in [1.29, 1.82) is 0 Å². The van der Waals surface area contributed by atoms with Gasteiger partial charge in [0, 0.05) is 6.54 Å². The molecule has 0 atom stereocenters. The Morgan fingerprint density at radius 3 is 2.29 bits per heavy atom. The smallest absolute Gasteiger partial charge is 0.349 e. The fourth-order valence-electron chi connectivity index (χ4n) is 1.05. The van der Waals surface area contributed by atoms with Crippen molar-refractivity contribution in [2.75, 3.05) is 13.7 Å². The van der Waals surface area contributed by atoms with Crippen LogP contribution in [0, 0.1) is 0 Å². The van der Waals surface area contributed by atoms with E-state index in [2.05, 4.69) is 15.4 Å². The number of urea groups is 2. The molecule has 1 fully saturated rings. The maximum Gasteiger partial charge on any atom is 0.349 e. The third kappa shape index (κ3) is 1.76. The molecule has 1 saturated heterocycles. The first-order valence-electron chi connectivity index (χ1n) is 4.06. The van der Waals surface area contributed by atoms with Gasteiger partial charge >= 0.3 is 18.0 Å². The third-order valence-electron chi connectivity index (χ3n) is 1.78. The highest BCUT2D eigenvalue weighted by Gasteiger charge is 2.34. The monoisotopic (exact) mass is 201 g/mol. The van der Waals surface area contributed by atoms with Crippen LogP contribution >= 0.6 is 0 Å². The Kier molecular flexibility index (Phi) is 2.90. The van der Waals surface area contributed by atoms with Crippen molar-refractivity contribution in [1.82, 2.24) is 15.5 Å². The predicted octanol–water partition coefficient (Wildman–Crippen LogP) is -0.760. The topological polar surface area (TPSA) is 87.7 Å². The molecule has 0 radical (unpaired) electrons. The molecule has 7 nitrogen and oxygen atoms in total. The molecule has 14 heavy (non-hydrogen) atoms. The number of ether oxygens (including phenoxy) is 1. The van der Waals surface area contributed by atoms with Crippen molar-refractivity contribution in [2.24, 2.45) is 0 Å². The minimum Gasteiger partial charge on any atom is -0.466 e. The molecule has 0 aromatic heterocycles. The molecule has 0 spiro atoms. The second-order valence-corrected chi connectivity index (χ2v) is 2.60. The summed E-state index contributed by atoms with van der Waals surface area (Å²) >= 11 is 0. The summed E-state index contributed by atoms with van der Waals surface area (Å²) in [5.74, 6) is -0.706. The summed E-state index contributed by atoms with van der Waals surface area (Å²) < 4.78 is 4.37. The lowest BCUT2D eigenvalue weighted by Crippen LogP contribution is -2.65. The molecule has 1 aliphatic heterocycles.